The number of hydrogen-bond donors (Lipinski definition) is 0. The highest BCUT2D eigenvalue weighted by Crippen LogP contribution is 2.13. The molecular formula is C28H52BrNO. The molecule has 1 amide bonds. The van der Waals surface area contributed by atoms with E-state index in [4.69, 9.17) is 13.8 Å². The van der Waals surface area contributed by atoms with Gasteiger partial charge in [-0.05, 0) is 52.4 Å². The van der Waals surface area contributed by atoms with Gasteiger partial charge in [0.1, 0.15) is 0 Å². The predicted molar refractivity (Wildman–Crippen MR) is 141 cm³/mol. The lowest BCUT2D eigenvalue weighted by Gasteiger charge is -2.23. The van der Waals surface area contributed by atoms with E-state index < -0.39 is 0 Å². The van der Waals surface area contributed by atoms with E-state index in [9.17, 15) is 4.79 Å². The maximum Gasteiger partial charge on any atom is 0.222 e. The average molecular weight is 499 g/mol. The first-order valence-corrected chi connectivity index (χ1v) is 14.6. The van der Waals surface area contributed by atoms with Gasteiger partial charge >= 0.3 is 0 Å². The molecule has 0 unspecified atom stereocenters. The minimum Gasteiger partial charge on any atom is -0.343 e. The Hall–Kier alpha value is -0.0500. The average Bonchev–Trinajstić information content (AvgIpc) is 2.78. The fourth-order valence-electron chi connectivity index (χ4n) is 4.08. The zero-order valence-electron chi connectivity index (χ0n) is 20.6. The third-order valence-electron chi connectivity index (χ3n) is 6.14. The molecule has 0 aromatic carbocycles. The highest BCUT2D eigenvalue weighted by atomic mass is 79.9. The van der Waals surface area contributed by atoms with Crippen molar-refractivity contribution in [1.29, 1.82) is 0 Å². The SMILES string of the molecule is [CH]CCCCCCCCCN(CCCCCCCCC[CH])C(=O)CCCCCCCBr. The van der Waals surface area contributed by atoms with Crippen molar-refractivity contribution >= 4 is 21.8 Å². The molecule has 0 aliphatic carbocycles. The van der Waals surface area contributed by atoms with Gasteiger partial charge in [-0.25, -0.2) is 0 Å². The molecule has 0 aromatic heterocycles. The zero-order valence-corrected chi connectivity index (χ0v) is 22.2. The van der Waals surface area contributed by atoms with Crippen molar-refractivity contribution in [3.05, 3.63) is 13.8 Å². The Kier molecular flexibility index (Phi) is 26.2. The first-order chi connectivity index (χ1) is 15.3. The van der Waals surface area contributed by atoms with E-state index in [2.05, 4.69) is 20.8 Å². The topological polar surface area (TPSA) is 20.3 Å². The van der Waals surface area contributed by atoms with Crippen LogP contribution in [0, 0.1) is 13.8 Å². The molecule has 0 spiro atoms. The van der Waals surface area contributed by atoms with E-state index in [0.29, 0.717) is 5.91 Å². The van der Waals surface area contributed by atoms with E-state index in [1.54, 1.807) is 0 Å². The molecule has 0 aliphatic rings. The summed E-state index contributed by atoms with van der Waals surface area (Å²) in [5.74, 6) is 0.395. The number of rotatable bonds is 25. The molecule has 0 saturated carbocycles. The Morgan fingerprint density at radius 1 is 0.516 bits per heavy atom. The van der Waals surface area contributed by atoms with Crippen LogP contribution in [0.4, 0.5) is 0 Å². The molecule has 0 heterocycles. The molecule has 0 saturated heterocycles. The number of amides is 1. The number of halogens is 1. The van der Waals surface area contributed by atoms with Crippen molar-refractivity contribution in [2.75, 3.05) is 18.4 Å². The minimum absolute atomic E-state index is 0.395. The molecule has 3 heteroatoms. The predicted octanol–water partition coefficient (Wildman–Crippen LogP) is 9.21. The zero-order chi connectivity index (χ0) is 22.8. The summed E-state index contributed by atoms with van der Waals surface area (Å²) in [6.45, 7) is 13.0. The van der Waals surface area contributed by atoms with Gasteiger partial charge in [0.25, 0.3) is 0 Å². The fraction of sp³-hybridized carbons (Fsp3) is 0.893. The summed E-state index contributed by atoms with van der Waals surface area (Å²) in [5, 5.41) is 1.10. The second-order valence-electron chi connectivity index (χ2n) is 9.11. The van der Waals surface area contributed by atoms with E-state index in [0.717, 1.165) is 69.8 Å². The molecule has 0 fully saturated rings. The van der Waals surface area contributed by atoms with Crippen LogP contribution in [0.25, 0.3) is 0 Å². The molecule has 2 nitrogen and oxygen atoms in total. The molecular weight excluding hydrogens is 446 g/mol. The van der Waals surface area contributed by atoms with Crippen LogP contribution in [0.3, 0.4) is 0 Å². The van der Waals surface area contributed by atoms with Gasteiger partial charge < -0.3 is 4.90 Å². The van der Waals surface area contributed by atoms with Crippen molar-refractivity contribution in [2.24, 2.45) is 0 Å². The molecule has 31 heavy (non-hydrogen) atoms. The van der Waals surface area contributed by atoms with Gasteiger partial charge in [0.2, 0.25) is 5.91 Å². The molecule has 182 valence electrons. The Balaban J connectivity index is 4.03. The van der Waals surface area contributed by atoms with Crippen LogP contribution in [0.2, 0.25) is 0 Å². The Labute approximate surface area is 204 Å². The number of nitrogens with zero attached hydrogens (tertiary/aromatic N) is 1. The molecule has 0 atom stereocenters. The van der Waals surface area contributed by atoms with Crippen molar-refractivity contribution < 1.29 is 4.79 Å². The van der Waals surface area contributed by atoms with Gasteiger partial charge in [0.15, 0.2) is 0 Å². The van der Waals surface area contributed by atoms with E-state index >= 15 is 0 Å². The smallest absolute Gasteiger partial charge is 0.222 e. The Morgan fingerprint density at radius 2 is 0.871 bits per heavy atom. The molecule has 0 rings (SSSR count). The summed E-state index contributed by atoms with van der Waals surface area (Å²) in [6, 6.07) is 0. The highest BCUT2D eigenvalue weighted by Gasteiger charge is 2.12. The summed E-state index contributed by atoms with van der Waals surface area (Å²) in [4.78, 5) is 15.0. The van der Waals surface area contributed by atoms with Gasteiger partial charge in [-0.3, -0.25) is 4.79 Å². The Morgan fingerprint density at radius 3 is 1.29 bits per heavy atom. The monoisotopic (exact) mass is 497 g/mol. The number of carbonyl (C=O) groups excluding carboxylic acids is 1. The molecule has 0 N–H and O–H groups in total. The highest BCUT2D eigenvalue weighted by molar-refractivity contribution is 9.09. The van der Waals surface area contributed by atoms with Crippen LogP contribution in [-0.2, 0) is 4.79 Å². The maximum absolute atomic E-state index is 12.8. The van der Waals surface area contributed by atoms with E-state index in [1.807, 2.05) is 0 Å². The van der Waals surface area contributed by atoms with Gasteiger partial charge in [0.05, 0.1) is 0 Å². The second kappa shape index (κ2) is 26.2. The molecule has 4 radical (unpaired) electrons. The van der Waals surface area contributed by atoms with Gasteiger partial charge in [0, 0.05) is 24.8 Å². The number of carbonyl (C=O) groups is 1. The largest absolute Gasteiger partial charge is 0.343 e. The summed E-state index contributed by atoms with van der Waals surface area (Å²) in [7, 11) is 0. The molecule has 0 bridgehead atoms. The van der Waals surface area contributed by atoms with Gasteiger partial charge in [-0.1, -0.05) is 112 Å². The van der Waals surface area contributed by atoms with Crippen LogP contribution in [0.15, 0.2) is 0 Å². The number of alkyl halides is 1. The lowest BCUT2D eigenvalue weighted by molar-refractivity contribution is -0.131. The van der Waals surface area contributed by atoms with Crippen LogP contribution in [0.5, 0.6) is 0 Å². The number of hydrogen-bond acceptors (Lipinski definition) is 1. The third-order valence-corrected chi connectivity index (χ3v) is 6.70. The normalized spacial score (nSPS) is 11.2. The van der Waals surface area contributed by atoms with Crippen LogP contribution >= 0.6 is 15.9 Å². The van der Waals surface area contributed by atoms with Crippen molar-refractivity contribution in [3.63, 3.8) is 0 Å². The lowest BCUT2D eigenvalue weighted by Crippen LogP contribution is -2.32. The summed E-state index contributed by atoms with van der Waals surface area (Å²) >= 11 is 3.49. The Bertz CT molecular complexity index is 341. The minimum atomic E-state index is 0.395. The van der Waals surface area contributed by atoms with E-state index in [-0.39, 0.29) is 0 Å². The fourth-order valence-corrected chi connectivity index (χ4v) is 4.48. The summed E-state index contributed by atoms with van der Waals surface area (Å²) in [5.41, 5.74) is 0. The van der Waals surface area contributed by atoms with Crippen LogP contribution in [0.1, 0.15) is 141 Å². The van der Waals surface area contributed by atoms with Crippen molar-refractivity contribution in [1.82, 2.24) is 4.90 Å². The quantitative estimate of drug-likeness (QED) is 0.0907. The third kappa shape index (κ3) is 22.9. The van der Waals surface area contributed by atoms with Crippen LogP contribution in [-0.4, -0.2) is 29.2 Å². The first-order valence-electron chi connectivity index (χ1n) is 13.5. The second-order valence-corrected chi connectivity index (χ2v) is 9.91. The summed E-state index contributed by atoms with van der Waals surface area (Å²) < 4.78 is 0. The lowest BCUT2D eigenvalue weighted by atomic mass is 10.1. The molecule has 0 aliphatic heterocycles. The van der Waals surface area contributed by atoms with Gasteiger partial charge in [-0.15, -0.1) is 0 Å². The standard InChI is InChI=1S/C28H52BrNO/c1-3-5-7-9-11-13-18-22-26-30(27-23-19-14-12-10-8-6-4-2)28(31)24-20-16-15-17-21-25-29/h1-2H,3-27H2. The van der Waals surface area contributed by atoms with Crippen molar-refractivity contribution in [3.8, 4) is 0 Å². The van der Waals surface area contributed by atoms with Gasteiger partial charge in [-0.2, -0.15) is 0 Å². The number of unbranched alkanes of at least 4 members (excludes halogenated alkanes) is 18. The summed E-state index contributed by atoms with van der Waals surface area (Å²) in [6.07, 6.45) is 25.9. The van der Waals surface area contributed by atoms with Crippen LogP contribution < -0.4 is 0 Å². The maximum atomic E-state index is 12.8. The molecule has 0 aromatic rings. The first kappa shape index (κ1) is 30.9. The van der Waals surface area contributed by atoms with Crippen molar-refractivity contribution in [2.45, 2.75) is 141 Å². The van der Waals surface area contributed by atoms with E-state index in [1.165, 1.54) is 89.9 Å².